The standard InChI is InChI=1S/C25H35FN4O2/c1-16(27-2)24(31)29-23(17-7-4-3-5-8-17)25(32)30-12-6-9-20(30)13-18-15-28-22-14-19(26)10-11-21(18)22/h10-11,14-17,20,23,27-28H,3-9,12-13H2,1-2H3,(H,29,31)/t16-,20-,23-/m0/s1. The molecule has 174 valence electrons. The molecule has 6 nitrogen and oxygen atoms in total. The van der Waals surface area contributed by atoms with Gasteiger partial charge in [0.2, 0.25) is 11.8 Å². The molecular formula is C25H35FN4O2. The molecule has 2 aliphatic rings. The highest BCUT2D eigenvalue weighted by Gasteiger charge is 2.38. The molecule has 7 heteroatoms. The number of amides is 2. The monoisotopic (exact) mass is 442 g/mol. The summed E-state index contributed by atoms with van der Waals surface area (Å²) in [6, 6.07) is 4.09. The fourth-order valence-corrected chi connectivity index (χ4v) is 5.36. The number of carbonyl (C=O) groups is 2. The number of likely N-dealkylation sites (tertiary alicyclic amines) is 1. The zero-order valence-corrected chi connectivity index (χ0v) is 19.1. The molecule has 1 aliphatic heterocycles. The number of nitrogens with one attached hydrogen (secondary N) is 3. The maximum atomic E-state index is 13.8. The molecule has 0 bridgehead atoms. The number of rotatable bonds is 7. The van der Waals surface area contributed by atoms with Crippen LogP contribution >= 0.6 is 0 Å². The molecular weight excluding hydrogens is 407 g/mol. The van der Waals surface area contributed by atoms with Gasteiger partial charge in [-0.05, 0) is 75.8 Å². The second kappa shape index (κ2) is 10.0. The first-order valence-corrected chi connectivity index (χ1v) is 12.0. The first-order valence-electron chi connectivity index (χ1n) is 12.0. The minimum absolute atomic E-state index is 0.0574. The van der Waals surface area contributed by atoms with Gasteiger partial charge in [0.25, 0.3) is 0 Å². The quantitative estimate of drug-likeness (QED) is 0.614. The molecule has 0 unspecified atom stereocenters. The highest BCUT2D eigenvalue weighted by molar-refractivity contribution is 5.90. The summed E-state index contributed by atoms with van der Waals surface area (Å²) in [5, 5.41) is 7.07. The number of fused-ring (bicyclic) bond motifs is 1. The minimum atomic E-state index is -0.462. The van der Waals surface area contributed by atoms with Crippen LogP contribution in [-0.2, 0) is 16.0 Å². The van der Waals surface area contributed by atoms with E-state index in [2.05, 4.69) is 15.6 Å². The van der Waals surface area contributed by atoms with Crippen LogP contribution in [0.25, 0.3) is 10.9 Å². The van der Waals surface area contributed by atoms with Gasteiger partial charge in [-0.3, -0.25) is 9.59 Å². The molecule has 0 spiro atoms. The molecule has 2 aromatic rings. The van der Waals surface area contributed by atoms with Gasteiger partial charge in [0.05, 0.1) is 6.04 Å². The third kappa shape index (κ3) is 4.82. The molecule has 3 N–H and O–H groups in total. The second-order valence-electron chi connectivity index (χ2n) is 9.43. The Labute approximate surface area is 189 Å². The maximum absolute atomic E-state index is 13.8. The number of carbonyl (C=O) groups excluding carboxylic acids is 2. The number of nitrogens with zero attached hydrogens (tertiary/aromatic N) is 1. The van der Waals surface area contributed by atoms with E-state index in [1.165, 1.54) is 18.6 Å². The van der Waals surface area contributed by atoms with Crippen molar-refractivity contribution in [3.63, 3.8) is 0 Å². The molecule has 1 aromatic carbocycles. The SMILES string of the molecule is CN[C@@H](C)C(=O)N[C@H](C(=O)N1CCC[C@H]1Cc1c[nH]c2cc(F)ccc12)C1CCCCC1. The third-order valence-corrected chi connectivity index (χ3v) is 7.36. The zero-order valence-electron chi connectivity index (χ0n) is 19.1. The Hall–Kier alpha value is -2.41. The molecule has 1 saturated heterocycles. The molecule has 2 heterocycles. The van der Waals surface area contributed by atoms with Crippen LogP contribution < -0.4 is 10.6 Å². The lowest BCUT2D eigenvalue weighted by atomic mass is 9.83. The van der Waals surface area contributed by atoms with Crippen molar-refractivity contribution in [1.29, 1.82) is 0 Å². The molecule has 1 saturated carbocycles. The van der Waals surface area contributed by atoms with E-state index in [1.807, 2.05) is 24.1 Å². The van der Waals surface area contributed by atoms with E-state index in [9.17, 15) is 14.0 Å². The molecule has 1 aromatic heterocycles. The summed E-state index contributed by atoms with van der Waals surface area (Å²) in [4.78, 5) is 31.6. The van der Waals surface area contributed by atoms with E-state index < -0.39 is 6.04 Å². The minimum Gasteiger partial charge on any atom is -0.361 e. The number of hydrogen-bond acceptors (Lipinski definition) is 3. The lowest BCUT2D eigenvalue weighted by Gasteiger charge is -2.35. The highest BCUT2D eigenvalue weighted by atomic mass is 19.1. The number of halogens is 1. The van der Waals surface area contributed by atoms with Crippen LogP contribution in [0.5, 0.6) is 0 Å². The maximum Gasteiger partial charge on any atom is 0.245 e. The highest BCUT2D eigenvalue weighted by Crippen LogP contribution is 2.31. The van der Waals surface area contributed by atoms with Crippen LogP contribution in [0, 0.1) is 11.7 Å². The van der Waals surface area contributed by atoms with Gasteiger partial charge in [-0.2, -0.15) is 0 Å². The van der Waals surface area contributed by atoms with Crippen LogP contribution in [0.4, 0.5) is 4.39 Å². The van der Waals surface area contributed by atoms with E-state index in [0.29, 0.717) is 0 Å². The Balaban J connectivity index is 1.52. The number of aromatic nitrogens is 1. The number of aromatic amines is 1. The van der Waals surface area contributed by atoms with Crippen molar-refractivity contribution in [2.24, 2.45) is 5.92 Å². The summed E-state index contributed by atoms with van der Waals surface area (Å²) in [6.07, 6.45) is 9.96. The van der Waals surface area contributed by atoms with Gasteiger partial charge < -0.3 is 20.5 Å². The summed E-state index contributed by atoms with van der Waals surface area (Å²) >= 11 is 0. The number of benzene rings is 1. The smallest absolute Gasteiger partial charge is 0.245 e. The van der Waals surface area contributed by atoms with E-state index in [-0.39, 0.29) is 35.6 Å². The number of hydrogen-bond donors (Lipinski definition) is 3. The zero-order chi connectivity index (χ0) is 22.7. The second-order valence-corrected chi connectivity index (χ2v) is 9.43. The fourth-order valence-electron chi connectivity index (χ4n) is 5.36. The van der Waals surface area contributed by atoms with Gasteiger partial charge in [-0.25, -0.2) is 4.39 Å². The Kier molecular flexibility index (Phi) is 7.13. The summed E-state index contributed by atoms with van der Waals surface area (Å²) in [6.45, 7) is 2.54. The van der Waals surface area contributed by atoms with Crippen molar-refractivity contribution in [3.05, 3.63) is 35.8 Å². The van der Waals surface area contributed by atoms with Gasteiger partial charge in [0.15, 0.2) is 0 Å². The van der Waals surface area contributed by atoms with E-state index >= 15 is 0 Å². The average Bonchev–Trinajstić information content (AvgIpc) is 3.44. The molecule has 2 amide bonds. The Morgan fingerprint density at radius 3 is 2.72 bits per heavy atom. The number of H-pyrrole nitrogens is 1. The summed E-state index contributed by atoms with van der Waals surface area (Å²) < 4.78 is 13.6. The van der Waals surface area contributed by atoms with Gasteiger partial charge >= 0.3 is 0 Å². The average molecular weight is 443 g/mol. The van der Waals surface area contributed by atoms with Crippen LogP contribution in [0.2, 0.25) is 0 Å². The first-order chi connectivity index (χ1) is 15.5. The molecule has 0 radical (unpaired) electrons. The Morgan fingerprint density at radius 2 is 1.97 bits per heavy atom. The van der Waals surface area contributed by atoms with Crippen molar-refractivity contribution in [2.75, 3.05) is 13.6 Å². The summed E-state index contributed by atoms with van der Waals surface area (Å²) in [7, 11) is 1.76. The van der Waals surface area contributed by atoms with Crippen molar-refractivity contribution in [3.8, 4) is 0 Å². The van der Waals surface area contributed by atoms with E-state index in [1.54, 1.807) is 7.05 Å². The van der Waals surface area contributed by atoms with Crippen molar-refractivity contribution >= 4 is 22.7 Å². The van der Waals surface area contributed by atoms with Gasteiger partial charge in [0.1, 0.15) is 11.9 Å². The first kappa shape index (κ1) is 22.8. The summed E-state index contributed by atoms with van der Waals surface area (Å²) in [5.41, 5.74) is 1.89. The van der Waals surface area contributed by atoms with Gasteiger partial charge in [0, 0.05) is 29.7 Å². The number of likely N-dealkylation sites (N-methyl/N-ethyl adjacent to an activating group) is 1. The van der Waals surface area contributed by atoms with Gasteiger partial charge in [-0.1, -0.05) is 19.3 Å². The van der Waals surface area contributed by atoms with Crippen LogP contribution in [0.15, 0.2) is 24.4 Å². The molecule has 2 fully saturated rings. The van der Waals surface area contributed by atoms with Crippen LogP contribution in [0.3, 0.4) is 0 Å². The third-order valence-electron chi connectivity index (χ3n) is 7.36. The Morgan fingerprint density at radius 1 is 1.19 bits per heavy atom. The van der Waals surface area contributed by atoms with E-state index in [4.69, 9.17) is 0 Å². The van der Waals surface area contributed by atoms with Crippen molar-refractivity contribution in [2.45, 2.75) is 76.4 Å². The van der Waals surface area contributed by atoms with Crippen LogP contribution in [-0.4, -0.2) is 53.4 Å². The molecule has 1 aliphatic carbocycles. The van der Waals surface area contributed by atoms with Crippen LogP contribution in [0.1, 0.15) is 57.4 Å². The lowest BCUT2D eigenvalue weighted by Crippen LogP contribution is -2.56. The fraction of sp³-hybridized carbons (Fsp3) is 0.600. The van der Waals surface area contributed by atoms with E-state index in [0.717, 1.165) is 68.0 Å². The summed E-state index contributed by atoms with van der Waals surface area (Å²) in [5.74, 6) is -0.125. The van der Waals surface area contributed by atoms with Crippen molar-refractivity contribution < 1.29 is 14.0 Å². The predicted molar refractivity (Wildman–Crippen MR) is 124 cm³/mol. The normalized spacial score (nSPS) is 21.6. The lowest BCUT2D eigenvalue weighted by molar-refractivity contribution is -0.139. The predicted octanol–water partition coefficient (Wildman–Crippen LogP) is 3.51. The molecule has 32 heavy (non-hydrogen) atoms. The Bertz CT molecular complexity index is 953. The topological polar surface area (TPSA) is 77.2 Å². The van der Waals surface area contributed by atoms with Gasteiger partial charge in [-0.15, -0.1) is 0 Å². The molecule has 3 atom stereocenters. The molecule has 4 rings (SSSR count). The largest absolute Gasteiger partial charge is 0.361 e. The van der Waals surface area contributed by atoms with Crippen molar-refractivity contribution in [1.82, 2.24) is 20.5 Å².